The zero-order valence-corrected chi connectivity index (χ0v) is 13.4. The van der Waals surface area contributed by atoms with Crippen LogP contribution in [-0.2, 0) is 0 Å². The Balaban J connectivity index is 2.23. The number of anilines is 1. The predicted molar refractivity (Wildman–Crippen MR) is 87.8 cm³/mol. The minimum atomic E-state index is 0.493. The highest BCUT2D eigenvalue weighted by molar-refractivity contribution is 5.53. The van der Waals surface area contributed by atoms with Gasteiger partial charge in [0.15, 0.2) is 11.6 Å². The normalized spacial score (nSPS) is 22.0. The molecule has 0 amide bonds. The van der Waals surface area contributed by atoms with Gasteiger partial charge in [-0.2, -0.15) is 0 Å². The van der Waals surface area contributed by atoms with Crippen molar-refractivity contribution < 1.29 is 4.74 Å². The largest absolute Gasteiger partial charge is 0.490 e. The molecule has 21 heavy (non-hydrogen) atoms. The van der Waals surface area contributed by atoms with Crippen LogP contribution >= 0.6 is 0 Å². The number of nitrogens with zero attached hydrogens (tertiary/aromatic N) is 2. The minimum Gasteiger partial charge on any atom is -0.490 e. The average Bonchev–Trinajstić information content (AvgIpc) is 2.55. The van der Waals surface area contributed by atoms with Crippen LogP contribution in [0, 0.1) is 5.92 Å². The maximum Gasteiger partial charge on any atom is 0.171 e. The number of aromatic nitrogens is 1. The van der Waals surface area contributed by atoms with Gasteiger partial charge in [0, 0.05) is 18.8 Å². The average molecular weight is 291 g/mol. The molecule has 1 fully saturated rings. The molecule has 1 aliphatic rings. The van der Waals surface area contributed by atoms with Crippen molar-refractivity contribution >= 4 is 5.82 Å². The van der Waals surface area contributed by atoms with Gasteiger partial charge in [-0.15, -0.1) is 0 Å². The summed E-state index contributed by atoms with van der Waals surface area (Å²) in [7, 11) is 0. The van der Waals surface area contributed by atoms with Crippen molar-refractivity contribution in [1.82, 2.24) is 4.98 Å². The highest BCUT2D eigenvalue weighted by Crippen LogP contribution is 2.34. The molecule has 0 aromatic carbocycles. The van der Waals surface area contributed by atoms with Crippen molar-refractivity contribution in [2.45, 2.75) is 52.0 Å². The van der Waals surface area contributed by atoms with E-state index in [0.29, 0.717) is 12.0 Å². The molecular formula is C17H29N3O. The molecule has 1 saturated carbocycles. The molecule has 2 rings (SSSR count). The summed E-state index contributed by atoms with van der Waals surface area (Å²) in [5, 5.41) is 0. The van der Waals surface area contributed by atoms with E-state index in [4.69, 9.17) is 10.5 Å². The molecule has 118 valence electrons. The van der Waals surface area contributed by atoms with Gasteiger partial charge in [0.05, 0.1) is 6.61 Å². The number of rotatable bonds is 7. The lowest BCUT2D eigenvalue weighted by molar-refractivity contribution is 0.290. The predicted octanol–water partition coefficient (Wildman–Crippen LogP) is 3.21. The molecule has 4 heteroatoms. The number of nitrogens with two attached hydrogens (primary N) is 1. The summed E-state index contributed by atoms with van der Waals surface area (Å²) in [6.07, 6.45) is 7.90. The molecule has 2 N–H and O–H groups in total. The Hall–Kier alpha value is -1.29. The smallest absolute Gasteiger partial charge is 0.171 e. The highest BCUT2D eigenvalue weighted by Gasteiger charge is 2.30. The van der Waals surface area contributed by atoms with Crippen molar-refractivity contribution in [2.75, 3.05) is 24.6 Å². The van der Waals surface area contributed by atoms with Crippen molar-refractivity contribution in [1.29, 1.82) is 0 Å². The highest BCUT2D eigenvalue weighted by atomic mass is 16.5. The Morgan fingerprint density at radius 2 is 2.14 bits per heavy atom. The molecule has 2 unspecified atom stereocenters. The first-order valence-electron chi connectivity index (χ1n) is 8.36. The monoisotopic (exact) mass is 291 g/mol. The Bertz CT molecular complexity index is 424. The van der Waals surface area contributed by atoms with Gasteiger partial charge in [-0.25, -0.2) is 4.98 Å². The molecule has 0 bridgehead atoms. The lowest BCUT2D eigenvalue weighted by Gasteiger charge is -2.40. The second kappa shape index (κ2) is 8.23. The third-order valence-corrected chi connectivity index (χ3v) is 4.40. The van der Waals surface area contributed by atoms with Crippen LogP contribution in [0.5, 0.6) is 5.75 Å². The zero-order valence-electron chi connectivity index (χ0n) is 13.4. The fourth-order valence-corrected chi connectivity index (χ4v) is 3.34. The third kappa shape index (κ3) is 3.88. The Labute approximate surface area is 128 Å². The minimum absolute atomic E-state index is 0.493. The van der Waals surface area contributed by atoms with Crippen LogP contribution in [0.3, 0.4) is 0 Å². The molecule has 1 heterocycles. The van der Waals surface area contributed by atoms with Gasteiger partial charge in [-0.1, -0.05) is 19.8 Å². The third-order valence-electron chi connectivity index (χ3n) is 4.40. The Kier molecular flexibility index (Phi) is 6.30. The fourth-order valence-electron chi connectivity index (χ4n) is 3.34. The first kappa shape index (κ1) is 16.1. The summed E-state index contributed by atoms with van der Waals surface area (Å²) in [6.45, 7) is 6.76. The van der Waals surface area contributed by atoms with Crippen LogP contribution in [0.2, 0.25) is 0 Å². The lowest BCUT2D eigenvalue weighted by Crippen LogP contribution is -2.45. The first-order chi connectivity index (χ1) is 10.3. The quantitative estimate of drug-likeness (QED) is 0.838. The number of hydrogen-bond donors (Lipinski definition) is 1. The van der Waals surface area contributed by atoms with Crippen LogP contribution in [-0.4, -0.2) is 30.7 Å². The maximum absolute atomic E-state index is 6.00. The number of ether oxygens (including phenoxy) is 1. The van der Waals surface area contributed by atoms with Gasteiger partial charge in [0.2, 0.25) is 0 Å². The molecule has 1 aromatic heterocycles. The molecule has 1 aromatic rings. The summed E-state index contributed by atoms with van der Waals surface area (Å²) < 4.78 is 5.89. The van der Waals surface area contributed by atoms with Gasteiger partial charge in [0.1, 0.15) is 0 Å². The SMILES string of the molecule is CCCOc1cccnc1N(CC)C1CCCCC1CN. The lowest BCUT2D eigenvalue weighted by atomic mass is 9.83. The van der Waals surface area contributed by atoms with E-state index in [-0.39, 0.29) is 0 Å². The van der Waals surface area contributed by atoms with E-state index in [2.05, 4.69) is 23.7 Å². The molecular weight excluding hydrogens is 262 g/mol. The van der Waals surface area contributed by atoms with E-state index in [0.717, 1.165) is 37.7 Å². The second-order valence-corrected chi connectivity index (χ2v) is 5.81. The molecule has 0 spiro atoms. The van der Waals surface area contributed by atoms with Crippen LogP contribution in [0.15, 0.2) is 18.3 Å². The van der Waals surface area contributed by atoms with Crippen molar-refractivity contribution in [3.05, 3.63) is 18.3 Å². The van der Waals surface area contributed by atoms with Crippen molar-refractivity contribution in [3.8, 4) is 5.75 Å². The van der Waals surface area contributed by atoms with E-state index in [1.165, 1.54) is 25.7 Å². The number of hydrogen-bond acceptors (Lipinski definition) is 4. The zero-order chi connectivity index (χ0) is 15.1. The molecule has 0 aliphatic heterocycles. The maximum atomic E-state index is 6.00. The Morgan fingerprint density at radius 1 is 1.33 bits per heavy atom. The van der Waals surface area contributed by atoms with E-state index in [1.807, 2.05) is 18.3 Å². The van der Waals surface area contributed by atoms with E-state index in [9.17, 15) is 0 Å². The Morgan fingerprint density at radius 3 is 2.86 bits per heavy atom. The number of pyridine rings is 1. The van der Waals surface area contributed by atoms with Crippen LogP contribution < -0.4 is 15.4 Å². The second-order valence-electron chi connectivity index (χ2n) is 5.81. The van der Waals surface area contributed by atoms with Crippen LogP contribution in [0.1, 0.15) is 46.0 Å². The van der Waals surface area contributed by atoms with Gasteiger partial charge < -0.3 is 15.4 Å². The molecule has 0 radical (unpaired) electrons. The molecule has 2 atom stereocenters. The van der Waals surface area contributed by atoms with E-state index >= 15 is 0 Å². The summed E-state index contributed by atoms with van der Waals surface area (Å²) >= 11 is 0. The summed E-state index contributed by atoms with van der Waals surface area (Å²) in [5.74, 6) is 2.46. The molecule has 4 nitrogen and oxygen atoms in total. The summed E-state index contributed by atoms with van der Waals surface area (Å²) in [6, 6.07) is 4.47. The van der Waals surface area contributed by atoms with E-state index in [1.54, 1.807) is 0 Å². The fraction of sp³-hybridized carbons (Fsp3) is 0.706. The topological polar surface area (TPSA) is 51.4 Å². The van der Waals surface area contributed by atoms with Crippen molar-refractivity contribution in [3.63, 3.8) is 0 Å². The van der Waals surface area contributed by atoms with Gasteiger partial charge in [0.25, 0.3) is 0 Å². The van der Waals surface area contributed by atoms with Crippen LogP contribution in [0.4, 0.5) is 5.82 Å². The summed E-state index contributed by atoms with van der Waals surface area (Å²) in [5.41, 5.74) is 6.00. The molecule has 1 aliphatic carbocycles. The van der Waals surface area contributed by atoms with E-state index < -0.39 is 0 Å². The van der Waals surface area contributed by atoms with Gasteiger partial charge in [-0.05, 0) is 50.8 Å². The van der Waals surface area contributed by atoms with Gasteiger partial charge in [-0.3, -0.25) is 0 Å². The van der Waals surface area contributed by atoms with Crippen LogP contribution in [0.25, 0.3) is 0 Å². The van der Waals surface area contributed by atoms with Gasteiger partial charge >= 0.3 is 0 Å². The first-order valence-corrected chi connectivity index (χ1v) is 8.36. The van der Waals surface area contributed by atoms with Crippen molar-refractivity contribution in [2.24, 2.45) is 11.7 Å². The summed E-state index contributed by atoms with van der Waals surface area (Å²) in [4.78, 5) is 7.01. The molecule has 0 saturated heterocycles. The standard InChI is InChI=1S/C17H29N3O/c1-3-12-21-16-10-7-11-19-17(16)20(4-2)15-9-6-5-8-14(15)13-18/h7,10-11,14-15H,3-6,8-9,12-13,18H2,1-2H3.